The highest BCUT2D eigenvalue weighted by atomic mass is 15.2. The number of benzene rings is 1. The molecule has 2 aliphatic rings. The highest BCUT2D eigenvalue weighted by Gasteiger charge is 2.31. The number of rotatable bonds is 1. The molecule has 0 aliphatic carbocycles. The Bertz CT molecular complexity index is 429. The molecule has 1 fully saturated rings. The number of likely N-dealkylation sites (tertiary alicyclic amines) is 1. The lowest BCUT2D eigenvalue weighted by atomic mass is 9.89. The summed E-state index contributed by atoms with van der Waals surface area (Å²) in [7, 11) is 0. The molecule has 0 radical (unpaired) electrons. The van der Waals surface area contributed by atoms with Crippen LogP contribution in [0.3, 0.4) is 0 Å². The Kier molecular flexibility index (Phi) is 3.90. The van der Waals surface area contributed by atoms with Gasteiger partial charge < -0.3 is 5.32 Å². The predicted octanol–water partition coefficient (Wildman–Crippen LogP) is 3.34. The van der Waals surface area contributed by atoms with Gasteiger partial charge in [0.1, 0.15) is 0 Å². The minimum Gasteiger partial charge on any atom is -0.313 e. The first kappa shape index (κ1) is 13.1. The van der Waals surface area contributed by atoms with Crippen LogP contribution in [0.25, 0.3) is 0 Å². The van der Waals surface area contributed by atoms with Gasteiger partial charge in [-0.2, -0.15) is 0 Å². The normalized spacial score (nSPS) is 32.6. The van der Waals surface area contributed by atoms with E-state index in [1.165, 1.54) is 31.4 Å². The maximum absolute atomic E-state index is 3.57. The van der Waals surface area contributed by atoms with Crippen LogP contribution in [-0.2, 0) is 6.54 Å². The lowest BCUT2D eigenvalue weighted by molar-refractivity contribution is 0.0729. The quantitative estimate of drug-likeness (QED) is 0.831. The molecule has 1 N–H and O–H groups in total. The van der Waals surface area contributed by atoms with Gasteiger partial charge in [-0.3, -0.25) is 4.90 Å². The Balaban J connectivity index is 1.90. The van der Waals surface area contributed by atoms with Crippen molar-refractivity contribution in [3.63, 3.8) is 0 Å². The van der Waals surface area contributed by atoms with Gasteiger partial charge >= 0.3 is 0 Å². The van der Waals surface area contributed by atoms with E-state index < -0.39 is 0 Å². The highest BCUT2D eigenvalue weighted by molar-refractivity contribution is 5.31. The maximum atomic E-state index is 3.57. The lowest BCUT2D eigenvalue weighted by Gasteiger charge is -2.42. The molecule has 1 aromatic carbocycles. The number of piperidine rings is 1. The summed E-state index contributed by atoms with van der Waals surface area (Å²) >= 11 is 0. The van der Waals surface area contributed by atoms with Crippen LogP contribution < -0.4 is 5.32 Å². The molecular formula is C17H26N2. The van der Waals surface area contributed by atoms with Crippen molar-refractivity contribution < 1.29 is 0 Å². The Hall–Kier alpha value is -0.860. The largest absolute Gasteiger partial charge is 0.313 e. The number of nitrogens with zero attached hydrogens (tertiary/aromatic N) is 1. The number of fused-ring (bicyclic) bond motifs is 1. The fourth-order valence-corrected chi connectivity index (χ4v) is 3.74. The SMILES string of the molecule is CC1CCC(C)N(C2CCNCc3ccccc32)C1. The van der Waals surface area contributed by atoms with Crippen LogP contribution in [0.5, 0.6) is 0 Å². The second-order valence-electron chi connectivity index (χ2n) is 6.41. The van der Waals surface area contributed by atoms with Crippen LogP contribution in [0.4, 0.5) is 0 Å². The third-order valence-corrected chi connectivity index (χ3v) is 4.89. The van der Waals surface area contributed by atoms with Crippen LogP contribution in [0.1, 0.15) is 50.3 Å². The second-order valence-corrected chi connectivity index (χ2v) is 6.41. The van der Waals surface area contributed by atoms with E-state index in [9.17, 15) is 0 Å². The first-order valence-corrected chi connectivity index (χ1v) is 7.80. The van der Waals surface area contributed by atoms with Gasteiger partial charge in [0, 0.05) is 25.2 Å². The molecule has 1 aromatic rings. The zero-order valence-electron chi connectivity index (χ0n) is 12.2. The lowest BCUT2D eigenvalue weighted by Crippen LogP contribution is -2.43. The first-order chi connectivity index (χ1) is 9.25. The van der Waals surface area contributed by atoms with Crippen LogP contribution in [0.2, 0.25) is 0 Å². The number of hydrogen-bond donors (Lipinski definition) is 1. The molecule has 2 nitrogen and oxygen atoms in total. The van der Waals surface area contributed by atoms with Gasteiger partial charge in [-0.25, -0.2) is 0 Å². The molecule has 0 spiro atoms. The topological polar surface area (TPSA) is 15.3 Å². The molecule has 0 amide bonds. The standard InChI is InChI=1S/C17H26N2/c1-13-7-8-14(2)19(12-13)17-9-10-18-11-15-5-3-4-6-16(15)17/h3-6,13-14,17-18H,7-12H2,1-2H3. The molecule has 104 valence electrons. The monoisotopic (exact) mass is 258 g/mol. The van der Waals surface area contributed by atoms with E-state index in [0.29, 0.717) is 6.04 Å². The van der Waals surface area contributed by atoms with Gasteiger partial charge in [-0.1, -0.05) is 31.2 Å². The van der Waals surface area contributed by atoms with Gasteiger partial charge in [0.25, 0.3) is 0 Å². The smallest absolute Gasteiger partial charge is 0.0366 e. The van der Waals surface area contributed by atoms with Gasteiger partial charge in [0.05, 0.1) is 0 Å². The minimum atomic E-state index is 0.615. The Labute approximate surface area is 117 Å². The van der Waals surface area contributed by atoms with Crippen LogP contribution in [-0.4, -0.2) is 24.0 Å². The molecule has 0 bridgehead atoms. The van der Waals surface area contributed by atoms with Crippen molar-refractivity contribution in [3.8, 4) is 0 Å². The van der Waals surface area contributed by atoms with E-state index in [1.54, 1.807) is 5.56 Å². The van der Waals surface area contributed by atoms with Crippen molar-refractivity contribution in [2.24, 2.45) is 5.92 Å². The second kappa shape index (κ2) is 5.64. The molecule has 19 heavy (non-hydrogen) atoms. The third kappa shape index (κ3) is 2.70. The van der Waals surface area contributed by atoms with E-state index in [2.05, 4.69) is 48.3 Å². The fourth-order valence-electron chi connectivity index (χ4n) is 3.74. The van der Waals surface area contributed by atoms with Crippen molar-refractivity contribution in [2.45, 2.75) is 51.7 Å². The van der Waals surface area contributed by atoms with Gasteiger partial charge in [0.15, 0.2) is 0 Å². The summed E-state index contributed by atoms with van der Waals surface area (Å²) in [6, 6.07) is 10.4. The molecule has 2 heteroatoms. The molecule has 2 aliphatic heterocycles. The number of hydrogen-bond acceptors (Lipinski definition) is 2. The summed E-state index contributed by atoms with van der Waals surface area (Å²) in [6.07, 6.45) is 3.99. The fraction of sp³-hybridized carbons (Fsp3) is 0.647. The van der Waals surface area contributed by atoms with Crippen molar-refractivity contribution in [1.29, 1.82) is 0 Å². The zero-order valence-corrected chi connectivity index (χ0v) is 12.2. The summed E-state index contributed by atoms with van der Waals surface area (Å²) in [6.45, 7) is 8.24. The average molecular weight is 258 g/mol. The van der Waals surface area contributed by atoms with Gasteiger partial charge in [-0.15, -0.1) is 0 Å². The zero-order chi connectivity index (χ0) is 13.2. The molecule has 1 saturated heterocycles. The molecular weight excluding hydrogens is 232 g/mol. The van der Waals surface area contributed by atoms with Crippen molar-refractivity contribution in [1.82, 2.24) is 10.2 Å². The molecule has 3 atom stereocenters. The number of nitrogens with one attached hydrogen (secondary N) is 1. The molecule has 0 aromatic heterocycles. The molecule has 3 unspecified atom stereocenters. The summed E-state index contributed by atoms with van der Waals surface area (Å²) in [4.78, 5) is 2.76. The Morgan fingerprint density at radius 2 is 1.95 bits per heavy atom. The molecule has 3 rings (SSSR count). The first-order valence-electron chi connectivity index (χ1n) is 7.80. The summed E-state index contributed by atoms with van der Waals surface area (Å²) in [5, 5.41) is 3.57. The van der Waals surface area contributed by atoms with Crippen LogP contribution >= 0.6 is 0 Å². The van der Waals surface area contributed by atoms with E-state index in [1.807, 2.05) is 0 Å². The summed E-state index contributed by atoms with van der Waals surface area (Å²) in [5.41, 5.74) is 3.06. The Morgan fingerprint density at radius 1 is 1.11 bits per heavy atom. The van der Waals surface area contributed by atoms with E-state index >= 15 is 0 Å². The van der Waals surface area contributed by atoms with Crippen molar-refractivity contribution in [2.75, 3.05) is 13.1 Å². The Morgan fingerprint density at radius 3 is 2.84 bits per heavy atom. The van der Waals surface area contributed by atoms with E-state index in [0.717, 1.165) is 25.0 Å². The summed E-state index contributed by atoms with van der Waals surface area (Å²) < 4.78 is 0. The molecule has 0 saturated carbocycles. The van der Waals surface area contributed by atoms with Crippen molar-refractivity contribution in [3.05, 3.63) is 35.4 Å². The predicted molar refractivity (Wildman–Crippen MR) is 80.1 cm³/mol. The van der Waals surface area contributed by atoms with Crippen molar-refractivity contribution >= 4 is 0 Å². The van der Waals surface area contributed by atoms with Crippen LogP contribution in [0.15, 0.2) is 24.3 Å². The highest BCUT2D eigenvalue weighted by Crippen LogP contribution is 2.35. The van der Waals surface area contributed by atoms with E-state index in [-0.39, 0.29) is 0 Å². The van der Waals surface area contributed by atoms with Gasteiger partial charge in [0.2, 0.25) is 0 Å². The third-order valence-electron chi connectivity index (χ3n) is 4.89. The minimum absolute atomic E-state index is 0.615. The maximum Gasteiger partial charge on any atom is 0.0366 e. The summed E-state index contributed by atoms with van der Waals surface area (Å²) in [5.74, 6) is 0.847. The van der Waals surface area contributed by atoms with Gasteiger partial charge in [-0.05, 0) is 49.8 Å². The van der Waals surface area contributed by atoms with E-state index in [4.69, 9.17) is 0 Å². The van der Waals surface area contributed by atoms with Crippen LogP contribution in [0, 0.1) is 5.92 Å². The average Bonchev–Trinajstić information content (AvgIpc) is 2.64. The molecule has 2 heterocycles.